The third-order valence-corrected chi connectivity index (χ3v) is 8.81. The smallest absolute Gasteiger partial charge is 0.434 e. The second-order valence-corrected chi connectivity index (χ2v) is 13.7. The van der Waals surface area contributed by atoms with Crippen molar-refractivity contribution in [3.63, 3.8) is 0 Å². The number of unbranched alkanes of at least 4 members (excludes halogenated alkanes) is 3. The molecule has 0 saturated heterocycles. The van der Waals surface area contributed by atoms with Crippen molar-refractivity contribution >= 4 is 18.5 Å². The van der Waals surface area contributed by atoms with Crippen LogP contribution in [0, 0.1) is 17.8 Å². The van der Waals surface area contributed by atoms with Crippen LogP contribution in [-0.4, -0.2) is 95.7 Å². The highest BCUT2D eigenvalue weighted by atomic mass is 16.7. The Labute approximate surface area is 309 Å². The number of hydrogen-bond donors (Lipinski definition) is 0. The van der Waals surface area contributed by atoms with Gasteiger partial charge in [0.1, 0.15) is 25.9 Å². The Kier molecular flexibility index (Phi) is 30.9. The Bertz CT molecular complexity index is 810. The number of hydrogen-bond acceptors (Lipinski definition) is 12. The zero-order valence-electron chi connectivity index (χ0n) is 33.6. The van der Waals surface area contributed by atoms with E-state index in [0.717, 1.165) is 77.0 Å². The van der Waals surface area contributed by atoms with E-state index in [-0.39, 0.29) is 33.0 Å². The highest BCUT2D eigenvalue weighted by molar-refractivity contribution is 5.60. The number of rotatable bonds is 32. The summed E-state index contributed by atoms with van der Waals surface area (Å²) in [5.74, 6) is 0.945. The summed E-state index contributed by atoms with van der Waals surface area (Å²) in [5, 5.41) is 0. The predicted molar refractivity (Wildman–Crippen MR) is 197 cm³/mol. The first-order valence-corrected chi connectivity index (χ1v) is 19.8. The molecule has 0 aromatic rings. The Hall–Kier alpha value is -2.31. The van der Waals surface area contributed by atoms with Crippen molar-refractivity contribution in [2.24, 2.45) is 17.8 Å². The maximum Gasteiger partial charge on any atom is 0.508 e. The van der Waals surface area contributed by atoms with Crippen molar-refractivity contribution in [1.29, 1.82) is 0 Å². The fourth-order valence-electron chi connectivity index (χ4n) is 5.07. The summed E-state index contributed by atoms with van der Waals surface area (Å²) in [5.41, 5.74) is 0. The van der Waals surface area contributed by atoms with Gasteiger partial charge >= 0.3 is 18.5 Å². The Morgan fingerprint density at radius 1 is 0.412 bits per heavy atom. The third kappa shape index (κ3) is 27.9. The lowest BCUT2D eigenvalue weighted by Gasteiger charge is -2.25. The van der Waals surface area contributed by atoms with Crippen molar-refractivity contribution in [3.05, 3.63) is 0 Å². The number of carbonyl (C=O) groups is 3. The monoisotopic (exact) mass is 735 g/mol. The summed E-state index contributed by atoms with van der Waals surface area (Å²) in [7, 11) is 0. The van der Waals surface area contributed by atoms with Crippen LogP contribution in [0.25, 0.3) is 0 Å². The van der Waals surface area contributed by atoms with E-state index in [0.29, 0.717) is 37.6 Å². The van der Waals surface area contributed by atoms with E-state index in [1.165, 1.54) is 0 Å². The van der Waals surface area contributed by atoms with Crippen LogP contribution in [0.1, 0.15) is 139 Å². The van der Waals surface area contributed by atoms with Crippen LogP contribution in [-0.2, 0) is 42.6 Å². The molecule has 0 bridgehead atoms. The molecule has 0 aliphatic rings. The average molecular weight is 735 g/mol. The van der Waals surface area contributed by atoms with E-state index in [1.54, 1.807) is 20.8 Å². The van der Waals surface area contributed by atoms with Crippen molar-refractivity contribution in [3.8, 4) is 0 Å². The van der Waals surface area contributed by atoms with Crippen LogP contribution in [0.2, 0.25) is 0 Å². The molecule has 0 heterocycles. The molecule has 0 rings (SSSR count). The van der Waals surface area contributed by atoms with Crippen LogP contribution in [0.5, 0.6) is 0 Å². The van der Waals surface area contributed by atoms with E-state index < -0.39 is 42.9 Å². The summed E-state index contributed by atoms with van der Waals surface area (Å²) in [6, 6.07) is 0. The van der Waals surface area contributed by atoms with Crippen LogP contribution in [0.4, 0.5) is 14.4 Å². The first-order chi connectivity index (χ1) is 24.5. The molecule has 12 heteroatoms. The largest absolute Gasteiger partial charge is 0.508 e. The first-order valence-electron chi connectivity index (χ1n) is 19.8. The van der Waals surface area contributed by atoms with E-state index in [1.807, 2.05) is 0 Å². The molecular formula is C39H74O12. The fourth-order valence-corrected chi connectivity index (χ4v) is 5.07. The Morgan fingerprint density at radius 3 is 1.00 bits per heavy atom. The molecule has 6 atom stereocenters. The molecule has 0 fully saturated rings. The molecule has 0 radical (unpaired) electrons. The van der Waals surface area contributed by atoms with E-state index in [2.05, 4.69) is 41.5 Å². The van der Waals surface area contributed by atoms with Crippen molar-refractivity contribution in [2.45, 2.75) is 164 Å². The van der Waals surface area contributed by atoms with Crippen LogP contribution < -0.4 is 0 Å². The van der Waals surface area contributed by atoms with Gasteiger partial charge in [0, 0.05) is 0 Å². The van der Waals surface area contributed by atoms with Crippen LogP contribution in [0.15, 0.2) is 0 Å². The van der Waals surface area contributed by atoms with Crippen molar-refractivity contribution in [1.82, 2.24) is 0 Å². The fraction of sp³-hybridized carbons (Fsp3) is 0.923. The molecule has 0 aromatic carbocycles. The molecule has 12 nitrogen and oxygen atoms in total. The highest BCUT2D eigenvalue weighted by Crippen LogP contribution is 2.16. The average Bonchev–Trinajstić information content (AvgIpc) is 3.13. The molecular weight excluding hydrogens is 660 g/mol. The lowest BCUT2D eigenvalue weighted by atomic mass is 10.0. The third-order valence-electron chi connectivity index (χ3n) is 8.81. The SMILES string of the molecule is CCCCC(CC)COC(=O)OCC(C)OCC(COC(C)COC(=O)OCC(CC)CCCC)OC(C)COC(=O)OCC(CC)CCCC. The zero-order valence-corrected chi connectivity index (χ0v) is 33.6. The van der Waals surface area contributed by atoms with Gasteiger partial charge < -0.3 is 42.6 Å². The number of ether oxygens (including phenoxy) is 9. The minimum atomic E-state index is -0.731. The minimum absolute atomic E-state index is 0.00334. The minimum Gasteiger partial charge on any atom is -0.434 e. The maximum atomic E-state index is 12.3. The molecule has 51 heavy (non-hydrogen) atoms. The Morgan fingerprint density at radius 2 is 0.706 bits per heavy atom. The molecule has 0 amide bonds. The van der Waals surface area contributed by atoms with Gasteiger partial charge in [-0.15, -0.1) is 0 Å². The zero-order chi connectivity index (χ0) is 38.3. The van der Waals surface area contributed by atoms with Crippen LogP contribution in [0.3, 0.4) is 0 Å². The molecule has 0 spiro atoms. The van der Waals surface area contributed by atoms with E-state index in [9.17, 15) is 14.4 Å². The standard InChI is InChI=1S/C39H74O12/c1-10-16-19-33(13-4)25-48-37(40)45-22-30(7)43-28-36(51-32(9)24-47-39(42)50-27-35(15-6)21-18-12-3)29-44-31(8)23-46-38(41)49-26-34(14-5)20-17-11-2/h30-36H,10-29H2,1-9H3. The maximum absolute atomic E-state index is 12.3. The first kappa shape index (κ1) is 48.7. The van der Waals surface area contributed by atoms with Gasteiger partial charge in [-0.3, -0.25) is 0 Å². The summed E-state index contributed by atoms with van der Waals surface area (Å²) >= 11 is 0. The van der Waals surface area contributed by atoms with Gasteiger partial charge in [0.2, 0.25) is 0 Å². The summed E-state index contributed by atoms with van der Waals surface area (Å²) in [4.78, 5) is 36.6. The van der Waals surface area contributed by atoms with Gasteiger partial charge in [-0.2, -0.15) is 0 Å². The van der Waals surface area contributed by atoms with Gasteiger partial charge in [0.05, 0.1) is 51.3 Å². The summed E-state index contributed by atoms with van der Waals surface area (Å²) in [6.45, 7) is 19.2. The van der Waals surface area contributed by atoms with Gasteiger partial charge in [0.15, 0.2) is 0 Å². The summed E-state index contributed by atoms with van der Waals surface area (Å²) in [6.07, 6.45) is 8.27. The molecule has 302 valence electrons. The molecule has 0 aliphatic carbocycles. The topological polar surface area (TPSA) is 134 Å². The van der Waals surface area contributed by atoms with Crippen molar-refractivity contribution in [2.75, 3.05) is 52.9 Å². The van der Waals surface area contributed by atoms with Gasteiger partial charge in [-0.05, 0) is 57.8 Å². The highest BCUT2D eigenvalue weighted by Gasteiger charge is 2.21. The van der Waals surface area contributed by atoms with Gasteiger partial charge in [-0.25, -0.2) is 14.4 Å². The normalized spacial score (nSPS) is 15.5. The van der Waals surface area contributed by atoms with Crippen molar-refractivity contribution < 1.29 is 57.0 Å². The molecule has 0 N–H and O–H groups in total. The lowest BCUT2D eigenvalue weighted by Crippen LogP contribution is -2.35. The predicted octanol–water partition coefficient (Wildman–Crippen LogP) is 9.68. The Balaban J connectivity index is 4.96. The van der Waals surface area contributed by atoms with E-state index >= 15 is 0 Å². The quantitative estimate of drug-likeness (QED) is 0.0481. The lowest BCUT2D eigenvalue weighted by molar-refractivity contribution is -0.127. The molecule has 0 aliphatic heterocycles. The summed E-state index contributed by atoms with van der Waals surface area (Å²) < 4.78 is 49.8. The number of carbonyl (C=O) groups excluding carboxylic acids is 3. The van der Waals surface area contributed by atoms with Gasteiger partial charge in [-0.1, -0.05) is 99.3 Å². The second-order valence-electron chi connectivity index (χ2n) is 13.7. The van der Waals surface area contributed by atoms with Crippen LogP contribution >= 0.6 is 0 Å². The molecule has 0 saturated carbocycles. The molecule has 0 aromatic heterocycles. The van der Waals surface area contributed by atoms with Gasteiger partial charge in [0.25, 0.3) is 0 Å². The molecule has 6 unspecified atom stereocenters. The second kappa shape index (κ2) is 32.3. The van der Waals surface area contributed by atoms with E-state index in [4.69, 9.17) is 42.6 Å².